The maximum atomic E-state index is 13.6. The average molecular weight is 478 g/mol. The fraction of sp³-hybridized carbons (Fsp3) is 0.625. The van der Waals surface area contributed by atoms with Crippen LogP contribution in [0, 0.1) is 16.7 Å². The van der Waals surface area contributed by atoms with E-state index in [9.17, 15) is 22.8 Å². The first-order valence-electron chi connectivity index (χ1n) is 11.9. The Kier molecular flexibility index (Phi) is 6.65. The minimum atomic E-state index is -4.67. The van der Waals surface area contributed by atoms with Crippen molar-refractivity contribution in [2.45, 2.75) is 63.7 Å². The van der Waals surface area contributed by atoms with Gasteiger partial charge in [0.25, 0.3) is 0 Å². The molecule has 2 saturated heterocycles. The lowest BCUT2D eigenvalue weighted by Crippen LogP contribution is -2.48. The molecule has 2 heterocycles. The number of urea groups is 1. The molecule has 1 saturated carbocycles. The maximum Gasteiger partial charge on any atom is 0.417 e. The molecule has 3 aliphatic rings. The number of carbonyl (C=O) groups is 2. The molecule has 1 aliphatic carbocycles. The van der Waals surface area contributed by atoms with Crippen molar-refractivity contribution in [2.24, 2.45) is 5.41 Å². The summed E-state index contributed by atoms with van der Waals surface area (Å²) in [4.78, 5) is 29.0. The van der Waals surface area contributed by atoms with Gasteiger partial charge in [0, 0.05) is 37.9 Å². The van der Waals surface area contributed by atoms with Gasteiger partial charge in [-0.15, -0.1) is 0 Å². The first kappa shape index (κ1) is 24.2. The Morgan fingerprint density at radius 2 is 1.94 bits per heavy atom. The van der Waals surface area contributed by atoms with Crippen LogP contribution in [0.3, 0.4) is 0 Å². The number of halogens is 3. The first-order valence-corrected chi connectivity index (χ1v) is 11.9. The van der Waals surface area contributed by atoms with Crippen molar-refractivity contribution in [1.82, 2.24) is 15.5 Å². The Balaban J connectivity index is 1.57. The molecular weight excluding hydrogens is 447 g/mol. The van der Waals surface area contributed by atoms with Gasteiger partial charge in [-0.25, -0.2) is 4.79 Å². The summed E-state index contributed by atoms with van der Waals surface area (Å²) in [6.07, 6.45) is -0.0993. The van der Waals surface area contributed by atoms with Crippen molar-refractivity contribution >= 4 is 17.6 Å². The molecular formula is C24H30F3N5O2. The smallest absolute Gasteiger partial charge is 0.359 e. The van der Waals surface area contributed by atoms with E-state index in [0.717, 1.165) is 25.3 Å². The number of hydrogen-bond donors (Lipinski definition) is 2. The maximum absolute atomic E-state index is 13.6. The molecule has 10 heteroatoms. The number of nitriles is 1. The van der Waals surface area contributed by atoms with E-state index in [2.05, 4.69) is 10.6 Å². The van der Waals surface area contributed by atoms with E-state index in [1.165, 1.54) is 12.1 Å². The number of carbonyl (C=O) groups excluding carboxylic acids is 2. The molecule has 184 valence electrons. The molecule has 34 heavy (non-hydrogen) atoms. The number of rotatable bonds is 5. The molecule has 3 fully saturated rings. The lowest BCUT2D eigenvalue weighted by Gasteiger charge is -2.39. The van der Waals surface area contributed by atoms with E-state index in [4.69, 9.17) is 5.26 Å². The standard InChI is InChI=1S/C24H30F3N5O2/c1-2-9-29-22(34)31-10-7-23(8-11-31)13-20(21(33)30-17-4-5-17)32(15-23)18-6-3-16(14-28)19(12-18)24(25,26)27/h3,6,12,17,20H,2,4-5,7-11,13,15H2,1H3,(H,29,34)(H,30,33). The summed E-state index contributed by atoms with van der Waals surface area (Å²) in [5.74, 6) is -0.166. The highest BCUT2D eigenvalue weighted by Gasteiger charge is 2.49. The quantitative estimate of drug-likeness (QED) is 0.678. The number of amides is 3. The van der Waals surface area contributed by atoms with Gasteiger partial charge in [0.05, 0.1) is 17.2 Å². The second-order valence-corrected chi connectivity index (χ2v) is 9.69. The van der Waals surface area contributed by atoms with Crippen LogP contribution in [0.4, 0.5) is 23.7 Å². The Hall–Kier alpha value is -2.96. The van der Waals surface area contributed by atoms with Crippen LogP contribution in [0.15, 0.2) is 18.2 Å². The highest BCUT2D eigenvalue weighted by Crippen LogP contribution is 2.46. The first-order chi connectivity index (χ1) is 16.2. The number of nitrogens with zero attached hydrogens (tertiary/aromatic N) is 3. The molecule has 1 aromatic carbocycles. The van der Waals surface area contributed by atoms with Crippen LogP contribution in [0.25, 0.3) is 0 Å². The van der Waals surface area contributed by atoms with Gasteiger partial charge < -0.3 is 20.4 Å². The van der Waals surface area contributed by atoms with Crippen molar-refractivity contribution < 1.29 is 22.8 Å². The minimum absolute atomic E-state index is 0.100. The zero-order valence-electron chi connectivity index (χ0n) is 19.2. The van der Waals surface area contributed by atoms with E-state index in [1.54, 1.807) is 15.9 Å². The summed E-state index contributed by atoms with van der Waals surface area (Å²) in [5, 5.41) is 15.0. The van der Waals surface area contributed by atoms with Gasteiger partial charge in [0.2, 0.25) is 5.91 Å². The van der Waals surface area contributed by atoms with E-state index in [-0.39, 0.29) is 23.4 Å². The summed E-state index contributed by atoms with van der Waals surface area (Å²) in [6.45, 7) is 4.11. The predicted molar refractivity (Wildman–Crippen MR) is 120 cm³/mol. The van der Waals surface area contributed by atoms with Gasteiger partial charge >= 0.3 is 12.2 Å². The molecule has 4 rings (SSSR count). The number of nitrogens with one attached hydrogen (secondary N) is 2. The molecule has 1 spiro atoms. The molecule has 0 radical (unpaired) electrons. The normalized spacial score (nSPS) is 21.9. The van der Waals surface area contributed by atoms with Gasteiger partial charge in [-0.05, 0) is 62.1 Å². The van der Waals surface area contributed by atoms with Crippen LogP contribution in [0.1, 0.15) is 56.6 Å². The van der Waals surface area contributed by atoms with Crippen LogP contribution in [-0.2, 0) is 11.0 Å². The highest BCUT2D eigenvalue weighted by atomic mass is 19.4. The van der Waals surface area contributed by atoms with Crippen molar-refractivity contribution in [1.29, 1.82) is 5.26 Å². The molecule has 0 bridgehead atoms. The van der Waals surface area contributed by atoms with Gasteiger partial charge in [0.15, 0.2) is 0 Å². The molecule has 1 unspecified atom stereocenters. The summed E-state index contributed by atoms with van der Waals surface area (Å²) in [7, 11) is 0. The van der Waals surface area contributed by atoms with Crippen molar-refractivity contribution in [3.8, 4) is 6.07 Å². The molecule has 0 aromatic heterocycles. The number of hydrogen-bond acceptors (Lipinski definition) is 4. The van der Waals surface area contributed by atoms with Gasteiger partial charge in [-0.2, -0.15) is 18.4 Å². The Bertz CT molecular complexity index is 978. The largest absolute Gasteiger partial charge is 0.417 e. The van der Waals surface area contributed by atoms with Crippen molar-refractivity contribution in [3.63, 3.8) is 0 Å². The predicted octanol–water partition coefficient (Wildman–Crippen LogP) is 3.64. The van der Waals surface area contributed by atoms with Gasteiger partial charge in [-0.3, -0.25) is 4.79 Å². The van der Waals surface area contributed by atoms with Crippen LogP contribution in [0.5, 0.6) is 0 Å². The van der Waals surface area contributed by atoms with Crippen LogP contribution in [0.2, 0.25) is 0 Å². The summed E-state index contributed by atoms with van der Waals surface area (Å²) >= 11 is 0. The fourth-order valence-electron chi connectivity index (χ4n) is 5.02. The van der Waals surface area contributed by atoms with Crippen LogP contribution >= 0.6 is 0 Å². The van der Waals surface area contributed by atoms with Gasteiger partial charge in [-0.1, -0.05) is 6.92 Å². The Labute approximate surface area is 197 Å². The third kappa shape index (κ3) is 5.08. The summed E-state index contributed by atoms with van der Waals surface area (Å²) < 4.78 is 40.8. The third-order valence-electron chi connectivity index (χ3n) is 7.13. The molecule has 2 aliphatic heterocycles. The van der Waals surface area contributed by atoms with Crippen molar-refractivity contribution in [2.75, 3.05) is 31.1 Å². The van der Waals surface area contributed by atoms with E-state index in [0.29, 0.717) is 51.1 Å². The number of piperidine rings is 1. The Morgan fingerprint density at radius 1 is 1.24 bits per heavy atom. The summed E-state index contributed by atoms with van der Waals surface area (Å²) in [6, 6.07) is 4.73. The molecule has 1 atom stereocenters. The van der Waals surface area contributed by atoms with E-state index < -0.39 is 23.3 Å². The lowest BCUT2D eigenvalue weighted by atomic mass is 9.76. The SMILES string of the molecule is CCCNC(=O)N1CCC2(CC1)CC(C(=O)NC1CC1)N(c1ccc(C#N)c(C(F)(F)F)c1)C2. The Morgan fingerprint density at radius 3 is 2.53 bits per heavy atom. The van der Waals surface area contributed by atoms with Crippen LogP contribution < -0.4 is 15.5 Å². The van der Waals surface area contributed by atoms with E-state index >= 15 is 0 Å². The molecule has 2 N–H and O–H groups in total. The number of likely N-dealkylation sites (tertiary alicyclic amines) is 1. The van der Waals surface area contributed by atoms with Gasteiger partial charge in [0.1, 0.15) is 6.04 Å². The van der Waals surface area contributed by atoms with Crippen LogP contribution in [-0.4, -0.2) is 55.1 Å². The fourth-order valence-corrected chi connectivity index (χ4v) is 5.02. The monoisotopic (exact) mass is 477 g/mol. The number of anilines is 1. The zero-order valence-corrected chi connectivity index (χ0v) is 19.2. The van der Waals surface area contributed by atoms with E-state index in [1.807, 2.05) is 6.92 Å². The topological polar surface area (TPSA) is 88.5 Å². The molecule has 3 amide bonds. The summed E-state index contributed by atoms with van der Waals surface area (Å²) in [5.41, 5.74) is -1.39. The molecule has 1 aromatic rings. The molecule has 7 nitrogen and oxygen atoms in total. The van der Waals surface area contributed by atoms with Crippen molar-refractivity contribution in [3.05, 3.63) is 29.3 Å². The minimum Gasteiger partial charge on any atom is -0.359 e. The second-order valence-electron chi connectivity index (χ2n) is 9.69. The second kappa shape index (κ2) is 9.35. The zero-order chi connectivity index (χ0) is 24.5. The average Bonchev–Trinajstić information content (AvgIpc) is 3.55. The number of benzene rings is 1. The third-order valence-corrected chi connectivity index (χ3v) is 7.13. The highest BCUT2D eigenvalue weighted by molar-refractivity contribution is 5.87. The lowest BCUT2D eigenvalue weighted by molar-refractivity contribution is -0.137. The number of alkyl halides is 3.